The molecule has 0 atom stereocenters. The maximum absolute atomic E-state index is 12.7. The largest absolute Gasteiger partial charge is 0.276 e. The summed E-state index contributed by atoms with van der Waals surface area (Å²) >= 11 is 5.49. The molecule has 0 amide bonds. The Morgan fingerprint density at radius 2 is 1.78 bits per heavy atom. The zero-order valence-electron chi connectivity index (χ0n) is 12.6. The number of fused-ring (bicyclic) bond motifs is 1. The predicted octanol–water partition coefficient (Wildman–Crippen LogP) is 3.12. The fraction of sp³-hybridized carbons (Fsp3) is 0.235. The molecule has 120 valence electrons. The summed E-state index contributed by atoms with van der Waals surface area (Å²) < 4.78 is 26.9. The van der Waals surface area contributed by atoms with Crippen molar-refractivity contribution in [2.45, 2.75) is 24.8 Å². The first-order valence-electron chi connectivity index (χ1n) is 7.26. The van der Waals surface area contributed by atoms with Crippen molar-refractivity contribution in [2.24, 2.45) is 0 Å². The van der Waals surface area contributed by atoms with Gasteiger partial charge < -0.3 is 0 Å². The lowest BCUT2D eigenvalue weighted by molar-refractivity contribution is 0.108. The molecule has 0 N–H and O–H groups in total. The highest BCUT2D eigenvalue weighted by Gasteiger charge is 2.28. The van der Waals surface area contributed by atoms with Gasteiger partial charge in [-0.15, -0.1) is 0 Å². The molecule has 0 aliphatic carbocycles. The number of carbonyl (C=O) groups is 1. The molecule has 1 heterocycles. The van der Waals surface area contributed by atoms with Crippen molar-refractivity contribution in [1.29, 1.82) is 0 Å². The summed E-state index contributed by atoms with van der Waals surface area (Å²) in [7, 11) is -3.51. The topological polar surface area (TPSA) is 54.5 Å². The van der Waals surface area contributed by atoms with Crippen molar-refractivity contribution >= 4 is 26.9 Å². The molecule has 0 unspecified atom stereocenters. The Kier molecular flexibility index (Phi) is 4.27. The van der Waals surface area contributed by atoms with Gasteiger partial charge in [-0.25, -0.2) is 8.42 Å². The first-order chi connectivity index (χ1) is 10.9. The molecule has 0 radical (unpaired) electrons. The summed E-state index contributed by atoms with van der Waals surface area (Å²) in [5.74, 6) is 0. The SMILES string of the molecule is Cc1ccc(S(=O)(=O)N2CCc3cc(C(=O)Cl)ccc3C2)cc1. The number of aryl methyl sites for hydroxylation is 1. The van der Waals surface area contributed by atoms with Crippen LogP contribution in [0.25, 0.3) is 0 Å². The molecule has 2 aromatic carbocycles. The second-order valence-corrected chi connectivity index (χ2v) is 7.94. The fourth-order valence-electron chi connectivity index (χ4n) is 2.71. The molecule has 1 aliphatic rings. The molecule has 1 aliphatic heterocycles. The number of hydrogen-bond acceptors (Lipinski definition) is 3. The van der Waals surface area contributed by atoms with Crippen LogP contribution in [0.15, 0.2) is 47.4 Å². The van der Waals surface area contributed by atoms with Gasteiger partial charge in [0.25, 0.3) is 5.24 Å². The fourth-order valence-corrected chi connectivity index (χ4v) is 4.25. The molecule has 2 aromatic rings. The molecule has 23 heavy (non-hydrogen) atoms. The summed E-state index contributed by atoms with van der Waals surface area (Å²) in [6.07, 6.45) is 0.568. The number of nitrogens with zero attached hydrogens (tertiary/aromatic N) is 1. The van der Waals surface area contributed by atoms with E-state index in [1.165, 1.54) is 4.31 Å². The summed E-state index contributed by atoms with van der Waals surface area (Å²) in [6, 6.07) is 12.0. The van der Waals surface area contributed by atoms with Crippen molar-refractivity contribution in [3.63, 3.8) is 0 Å². The molecular formula is C17H16ClNO3S. The van der Waals surface area contributed by atoms with Gasteiger partial charge in [0.05, 0.1) is 4.90 Å². The highest BCUT2D eigenvalue weighted by atomic mass is 35.5. The van der Waals surface area contributed by atoms with Gasteiger partial charge in [-0.2, -0.15) is 4.31 Å². The van der Waals surface area contributed by atoms with E-state index < -0.39 is 15.3 Å². The molecule has 0 fully saturated rings. The van der Waals surface area contributed by atoms with Crippen molar-refractivity contribution in [1.82, 2.24) is 4.31 Å². The van der Waals surface area contributed by atoms with Gasteiger partial charge in [-0.1, -0.05) is 23.8 Å². The smallest absolute Gasteiger partial charge is 0.252 e. The van der Waals surface area contributed by atoms with E-state index in [0.29, 0.717) is 30.0 Å². The molecule has 0 bridgehead atoms. The Morgan fingerprint density at radius 1 is 1.09 bits per heavy atom. The first-order valence-corrected chi connectivity index (χ1v) is 9.08. The number of halogens is 1. The molecule has 4 nitrogen and oxygen atoms in total. The number of hydrogen-bond donors (Lipinski definition) is 0. The minimum Gasteiger partial charge on any atom is -0.276 e. The predicted molar refractivity (Wildman–Crippen MR) is 89.1 cm³/mol. The average Bonchev–Trinajstić information content (AvgIpc) is 2.54. The van der Waals surface area contributed by atoms with Crippen LogP contribution in [0.1, 0.15) is 27.0 Å². The molecule has 0 saturated heterocycles. The second kappa shape index (κ2) is 6.07. The van der Waals surface area contributed by atoms with E-state index >= 15 is 0 Å². The van der Waals surface area contributed by atoms with Gasteiger partial charge in [0.2, 0.25) is 10.0 Å². The third kappa shape index (κ3) is 3.17. The lowest BCUT2D eigenvalue weighted by Gasteiger charge is -2.28. The average molecular weight is 350 g/mol. The molecular weight excluding hydrogens is 334 g/mol. The van der Waals surface area contributed by atoms with Crippen molar-refractivity contribution < 1.29 is 13.2 Å². The normalized spacial score (nSPS) is 15.2. The van der Waals surface area contributed by atoms with Crippen LogP contribution in [0.3, 0.4) is 0 Å². The standard InChI is InChI=1S/C17H16ClNO3S/c1-12-2-6-16(7-3-12)23(21,22)19-9-8-13-10-14(17(18)20)4-5-15(13)11-19/h2-7,10H,8-9,11H2,1H3. The quantitative estimate of drug-likeness (QED) is 0.800. The minimum absolute atomic E-state index is 0.305. The highest BCUT2D eigenvalue weighted by molar-refractivity contribution is 7.89. The number of rotatable bonds is 3. The van der Waals surface area contributed by atoms with Crippen LogP contribution in [0.4, 0.5) is 0 Å². The zero-order valence-corrected chi connectivity index (χ0v) is 14.2. The second-order valence-electron chi connectivity index (χ2n) is 5.66. The number of carbonyl (C=O) groups excluding carboxylic acids is 1. The molecule has 6 heteroatoms. The van der Waals surface area contributed by atoms with E-state index in [0.717, 1.165) is 16.7 Å². The summed E-state index contributed by atoms with van der Waals surface area (Å²) in [5.41, 5.74) is 3.35. The molecule has 0 saturated carbocycles. The van der Waals surface area contributed by atoms with Crippen molar-refractivity contribution in [3.05, 3.63) is 64.7 Å². The Labute approximate surface area is 140 Å². The Hall–Kier alpha value is -1.69. The Bertz CT molecular complexity index is 860. The molecule has 3 rings (SSSR count). The Morgan fingerprint density at radius 3 is 2.43 bits per heavy atom. The first kappa shape index (κ1) is 16.2. The van der Waals surface area contributed by atoms with Crippen LogP contribution >= 0.6 is 11.6 Å². The van der Waals surface area contributed by atoms with Gasteiger partial charge in [0.1, 0.15) is 0 Å². The van der Waals surface area contributed by atoms with Crippen LogP contribution in [-0.4, -0.2) is 24.5 Å². The van der Waals surface area contributed by atoms with Gasteiger partial charge in [0, 0.05) is 18.7 Å². The van der Waals surface area contributed by atoms with Gasteiger partial charge >= 0.3 is 0 Å². The third-order valence-electron chi connectivity index (χ3n) is 4.07. The minimum atomic E-state index is -3.51. The van der Waals surface area contributed by atoms with Gasteiger partial charge in [-0.05, 0) is 60.3 Å². The van der Waals surface area contributed by atoms with Crippen molar-refractivity contribution in [3.8, 4) is 0 Å². The summed E-state index contributed by atoms with van der Waals surface area (Å²) in [6.45, 7) is 2.62. The maximum Gasteiger partial charge on any atom is 0.252 e. The zero-order chi connectivity index (χ0) is 16.6. The van der Waals surface area contributed by atoms with Crippen LogP contribution in [0.2, 0.25) is 0 Å². The monoisotopic (exact) mass is 349 g/mol. The van der Waals surface area contributed by atoms with Crippen LogP contribution in [-0.2, 0) is 23.0 Å². The molecule has 0 spiro atoms. The lowest BCUT2D eigenvalue weighted by Crippen LogP contribution is -2.36. The van der Waals surface area contributed by atoms with Crippen LogP contribution in [0.5, 0.6) is 0 Å². The number of benzene rings is 2. The maximum atomic E-state index is 12.7. The number of sulfonamides is 1. The molecule has 0 aromatic heterocycles. The van der Waals surface area contributed by atoms with E-state index in [4.69, 9.17) is 11.6 Å². The van der Waals surface area contributed by atoms with Crippen LogP contribution < -0.4 is 0 Å². The lowest BCUT2D eigenvalue weighted by atomic mass is 9.99. The summed E-state index contributed by atoms with van der Waals surface area (Å²) in [4.78, 5) is 11.5. The van der Waals surface area contributed by atoms with E-state index in [1.807, 2.05) is 6.92 Å². The van der Waals surface area contributed by atoms with E-state index in [1.54, 1.807) is 42.5 Å². The summed E-state index contributed by atoms with van der Waals surface area (Å²) in [5, 5.41) is -0.498. The third-order valence-corrected chi connectivity index (χ3v) is 6.15. The Balaban J connectivity index is 1.89. The van der Waals surface area contributed by atoms with E-state index in [-0.39, 0.29) is 0 Å². The van der Waals surface area contributed by atoms with Crippen LogP contribution in [0, 0.1) is 6.92 Å². The van der Waals surface area contributed by atoms with Gasteiger partial charge in [-0.3, -0.25) is 4.79 Å². The van der Waals surface area contributed by atoms with Crippen molar-refractivity contribution in [2.75, 3.05) is 6.54 Å². The van der Waals surface area contributed by atoms with Gasteiger partial charge in [0.15, 0.2) is 0 Å². The van der Waals surface area contributed by atoms with E-state index in [9.17, 15) is 13.2 Å². The highest BCUT2D eigenvalue weighted by Crippen LogP contribution is 2.26. The van der Waals surface area contributed by atoms with E-state index in [2.05, 4.69) is 0 Å².